The second-order valence-electron chi connectivity index (χ2n) is 7.12. The van der Waals surface area contributed by atoms with E-state index < -0.39 is 6.10 Å². The van der Waals surface area contributed by atoms with Crippen molar-refractivity contribution in [2.45, 2.75) is 18.2 Å². The lowest BCUT2D eigenvalue weighted by Gasteiger charge is -2.41. The molecule has 0 aromatic heterocycles. The second-order valence-corrected chi connectivity index (χ2v) is 7.12. The van der Waals surface area contributed by atoms with Crippen molar-refractivity contribution in [3.05, 3.63) is 107 Å². The normalized spacial score (nSPS) is 21.7. The highest BCUT2D eigenvalue weighted by Gasteiger charge is 2.40. The molecule has 3 atom stereocenters. The molecule has 0 saturated carbocycles. The van der Waals surface area contributed by atoms with Gasteiger partial charge >= 0.3 is 0 Å². The fraction of sp³-hybridized carbons (Fsp3) is 0.208. The van der Waals surface area contributed by atoms with Crippen LogP contribution in [-0.4, -0.2) is 24.8 Å². The minimum absolute atomic E-state index is 0.00110. The Labute approximate surface area is 160 Å². The van der Waals surface area contributed by atoms with E-state index in [1.54, 1.807) is 0 Å². The van der Waals surface area contributed by atoms with Gasteiger partial charge in [0.2, 0.25) is 0 Å². The van der Waals surface area contributed by atoms with Gasteiger partial charge in [0.1, 0.15) is 12.2 Å². The Morgan fingerprint density at radius 2 is 1.33 bits per heavy atom. The van der Waals surface area contributed by atoms with Crippen molar-refractivity contribution in [2.24, 2.45) is 0 Å². The number of ketones is 1. The molecule has 1 aliphatic rings. The number of carbonyl (C=O) groups excluding carboxylic acids is 1. The van der Waals surface area contributed by atoms with Gasteiger partial charge in [-0.3, -0.25) is 9.69 Å². The molecule has 0 saturated heterocycles. The fourth-order valence-electron chi connectivity index (χ4n) is 3.89. The molecule has 0 aliphatic carbocycles. The van der Waals surface area contributed by atoms with Crippen LogP contribution in [0.4, 0.5) is 0 Å². The fourth-order valence-corrected chi connectivity index (χ4v) is 3.89. The van der Waals surface area contributed by atoms with Gasteiger partial charge in [0.05, 0.1) is 6.04 Å². The van der Waals surface area contributed by atoms with E-state index in [0.717, 1.165) is 16.7 Å². The molecule has 0 N–H and O–H groups in total. The predicted molar refractivity (Wildman–Crippen MR) is 107 cm³/mol. The monoisotopic (exact) mass is 357 g/mol. The molecular formula is C24H23NO2. The first-order valence-electron chi connectivity index (χ1n) is 9.21. The standard InChI is InChI=1S/C24H23NO2/c1-25(2)21-19-15-9-10-16-20(19)24(22(26)17-11-5-3-6-12-17)27-23(21)18-13-7-4-8-14-18/h3-16,21,23-24H,1-2H3/t21-,23+,24-/m0/s1. The quantitative estimate of drug-likeness (QED) is 0.617. The average molecular weight is 357 g/mol. The topological polar surface area (TPSA) is 29.5 Å². The lowest BCUT2D eigenvalue weighted by molar-refractivity contribution is -0.0579. The summed E-state index contributed by atoms with van der Waals surface area (Å²) in [5.74, 6) is 0.00110. The van der Waals surface area contributed by atoms with Crippen LogP contribution in [0.2, 0.25) is 0 Å². The van der Waals surface area contributed by atoms with Crippen LogP contribution >= 0.6 is 0 Å². The molecule has 3 nitrogen and oxygen atoms in total. The molecule has 0 spiro atoms. The smallest absolute Gasteiger partial charge is 0.196 e. The molecule has 3 aromatic rings. The van der Waals surface area contributed by atoms with Gasteiger partial charge in [-0.05, 0) is 30.8 Å². The van der Waals surface area contributed by atoms with Crippen molar-refractivity contribution in [1.82, 2.24) is 4.90 Å². The largest absolute Gasteiger partial charge is 0.355 e. The Morgan fingerprint density at radius 3 is 1.96 bits per heavy atom. The first kappa shape index (κ1) is 17.7. The lowest BCUT2D eigenvalue weighted by atomic mass is 9.84. The van der Waals surface area contributed by atoms with Crippen molar-refractivity contribution in [3.8, 4) is 0 Å². The zero-order chi connectivity index (χ0) is 18.8. The molecule has 3 aromatic carbocycles. The third-order valence-electron chi connectivity index (χ3n) is 5.15. The Kier molecular flexibility index (Phi) is 4.88. The summed E-state index contributed by atoms with van der Waals surface area (Å²) in [5, 5.41) is 0. The van der Waals surface area contributed by atoms with Crippen LogP contribution in [0.5, 0.6) is 0 Å². The SMILES string of the molecule is CN(C)[C@H]1c2ccccc2[C@@H](C(=O)c2ccccc2)O[C@@H]1c1ccccc1. The zero-order valence-electron chi connectivity index (χ0n) is 15.6. The molecule has 0 unspecified atom stereocenters. The van der Waals surface area contributed by atoms with Gasteiger partial charge in [0.25, 0.3) is 0 Å². The highest BCUT2D eigenvalue weighted by molar-refractivity contribution is 6.00. The maximum atomic E-state index is 13.3. The number of carbonyl (C=O) groups is 1. The Balaban J connectivity index is 1.83. The highest BCUT2D eigenvalue weighted by atomic mass is 16.5. The number of hydrogen-bond donors (Lipinski definition) is 0. The Bertz CT molecular complexity index is 921. The van der Waals surface area contributed by atoms with Crippen molar-refractivity contribution >= 4 is 5.78 Å². The maximum absolute atomic E-state index is 13.3. The minimum Gasteiger partial charge on any atom is -0.355 e. The molecule has 0 amide bonds. The van der Waals surface area contributed by atoms with E-state index in [2.05, 4.69) is 37.2 Å². The molecule has 136 valence electrons. The van der Waals surface area contributed by atoms with Crippen LogP contribution in [0, 0.1) is 0 Å². The van der Waals surface area contributed by atoms with E-state index in [9.17, 15) is 4.79 Å². The average Bonchev–Trinajstić information content (AvgIpc) is 2.73. The van der Waals surface area contributed by atoms with E-state index in [1.807, 2.05) is 66.7 Å². The van der Waals surface area contributed by atoms with Crippen LogP contribution in [0.1, 0.15) is 45.3 Å². The Morgan fingerprint density at radius 1 is 0.778 bits per heavy atom. The minimum atomic E-state index is -0.606. The summed E-state index contributed by atoms with van der Waals surface area (Å²) in [7, 11) is 4.11. The lowest BCUT2D eigenvalue weighted by Crippen LogP contribution is -2.36. The molecule has 0 bridgehead atoms. The number of nitrogens with zero attached hydrogens (tertiary/aromatic N) is 1. The molecular weight excluding hydrogens is 334 g/mol. The summed E-state index contributed by atoms with van der Waals surface area (Å²) in [4.78, 5) is 15.4. The number of fused-ring (bicyclic) bond motifs is 1. The molecule has 0 fully saturated rings. The van der Waals surface area contributed by atoms with Crippen LogP contribution in [0.25, 0.3) is 0 Å². The Hall–Kier alpha value is -2.75. The van der Waals surface area contributed by atoms with Crippen molar-refractivity contribution < 1.29 is 9.53 Å². The molecule has 4 rings (SSSR count). The van der Waals surface area contributed by atoms with Crippen LogP contribution in [-0.2, 0) is 4.74 Å². The summed E-state index contributed by atoms with van der Waals surface area (Å²) in [6, 6.07) is 27.7. The zero-order valence-corrected chi connectivity index (χ0v) is 15.6. The van der Waals surface area contributed by atoms with Crippen molar-refractivity contribution in [3.63, 3.8) is 0 Å². The van der Waals surface area contributed by atoms with E-state index >= 15 is 0 Å². The van der Waals surface area contributed by atoms with Crippen molar-refractivity contribution in [1.29, 1.82) is 0 Å². The van der Waals surface area contributed by atoms with Gasteiger partial charge in [-0.25, -0.2) is 0 Å². The number of Topliss-reactive ketones (excluding diaryl/α,β-unsaturated/α-hetero) is 1. The first-order chi connectivity index (χ1) is 13.2. The number of ether oxygens (including phenoxy) is 1. The van der Waals surface area contributed by atoms with Gasteiger partial charge in [-0.15, -0.1) is 0 Å². The molecule has 1 heterocycles. The van der Waals surface area contributed by atoms with E-state index in [1.165, 1.54) is 0 Å². The summed E-state index contributed by atoms with van der Waals surface area (Å²) in [5.41, 5.74) is 3.86. The molecule has 27 heavy (non-hydrogen) atoms. The second kappa shape index (κ2) is 7.47. The van der Waals surface area contributed by atoms with Gasteiger partial charge in [-0.2, -0.15) is 0 Å². The third-order valence-corrected chi connectivity index (χ3v) is 5.15. The van der Waals surface area contributed by atoms with Crippen LogP contribution in [0.3, 0.4) is 0 Å². The molecule has 1 aliphatic heterocycles. The van der Waals surface area contributed by atoms with Gasteiger partial charge in [-0.1, -0.05) is 84.9 Å². The highest BCUT2D eigenvalue weighted by Crippen LogP contribution is 2.47. The van der Waals surface area contributed by atoms with Gasteiger partial charge in [0, 0.05) is 5.56 Å². The molecule has 0 radical (unpaired) electrons. The number of likely N-dealkylation sites (N-methyl/N-ethyl adjacent to an activating group) is 1. The summed E-state index contributed by atoms with van der Waals surface area (Å²) >= 11 is 0. The first-order valence-corrected chi connectivity index (χ1v) is 9.21. The van der Waals surface area contributed by atoms with E-state index in [-0.39, 0.29) is 17.9 Å². The summed E-state index contributed by atoms with van der Waals surface area (Å²) < 4.78 is 6.50. The molecule has 3 heteroatoms. The predicted octanol–water partition coefficient (Wildman–Crippen LogP) is 4.98. The van der Waals surface area contributed by atoms with E-state index in [0.29, 0.717) is 5.56 Å². The summed E-state index contributed by atoms with van der Waals surface area (Å²) in [6.07, 6.45) is -0.821. The van der Waals surface area contributed by atoms with Crippen LogP contribution in [0.15, 0.2) is 84.9 Å². The number of hydrogen-bond acceptors (Lipinski definition) is 3. The van der Waals surface area contributed by atoms with Crippen LogP contribution < -0.4 is 0 Å². The summed E-state index contributed by atoms with van der Waals surface area (Å²) in [6.45, 7) is 0. The maximum Gasteiger partial charge on any atom is 0.196 e. The number of rotatable bonds is 4. The van der Waals surface area contributed by atoms with Gasteiger partial charge in [0.15, 0.2) is 5.78 Å². The number of benzene rings is 3. The van der Waals surface area contributed by atoms with E-state index in [4.69, 9.17) is 4.74 Å². The third kappa shape index (κ3) is 3.32. The van der Waals surface area contributed by atoms with Gasteiger partial charge < -0.3 is 4.74 Å². The van der Waals surface area contributed by atoms with Crippen molar-refractivity contribution in [2.75, 3.05) is 14.1 Å².